The van der Waals surface area contributed by atoms with Crippen molar-refractivity contribution >= 4 is 11.6 Å². The normalized spacial score (nSPS) is 15.8. The molecular weight excluding hydrogens is 433 g/mol. The molecule has 7 nitrogen and oxygen atoms in total. The lowest BCUT2D eigenvalue weighted by Gasteiger charge is -2.33. The van der Waals surface area contributed by atoms with Gasteiger partial charge in [-0.3, -0.25) is 9.48 Å². The van der Waals surface area contributed by atoms with E-state index in [0.29, 0.717) is 41.3 Å². The van der Waals surface area contributed by atoms with E-state index < -0.39 is 23.5 Å². The van der Waals surface area contributed by atoms with Crippen LogP contribution in [0, 0.1) is 31.3 Å². The van der Waals surface area contributed by atoms with Crippen LogP contribution in [0.25, 0.3) is 16.9 Å². The van der Waals surface area contributed by atoms with Crippen molar-refractivity contribution in [2.24, 2.45) is 7.05 Å². The number of benzene rings is 1. The summed E-state index contributed by atoms with van der Waals surface area (Å²) in [6, 6.07) is 3.36. The molecule has 170 valence electrons. The van der Waals surface area contributed by atoms with Crippen LogP contribution in [-0.2, 0) is 13.5 Å². The number of aryl methyl sites for hydroxylation is 3. The van der Waals surface area contributed by atoms with Crippen molar-refractivity contribution < 1.29 is 18.0 Å². The van der Waals surface area contributed by atoms with E-state index in [1.54, 1.807) is 29.6 Å². The highest BCUT2D eigenvalue weighted by Gasteiger charge is 2.35. The molecule has 0 saturated heterocycles. The van der Waals surface area contributed by atoms with Crippen LogP contribution < -0.4 is 0 Å². The number of halogens is 3. The first-order chi connectivity index (χ1) is 15.7. The minimum Gasteiger partial charge on any atom is -0.330 e. The lowest BCUT2D eigenvalue weighted by Crippen LogP contribution is -2.39. The highest BCUT2D eigenvalue weighted by atomic mass is 19.2. The summed E-state index contributed by atoms with van der Waals surface area (Å²) < 4.78 is 44.4. The summed E-state index contributed by atoms with van der Waals surface area (Å²) in [7, 11) is 1.66. The van der Waals surface area contributed by atoms with Gasteiger partial charge in [0.2, 0.25) is 0 Å². The summed E-state index contributed by atoms with van der Waals surface area (Å²) in [5, 5.41) is 9.02. The van der Waals surface area contributed by atoms with Gasteiger partial charge in [0, 0.05) is 36.6 Å². The largest absolute Gasteiger partial charge is 0.330 e. The van der Waals surface area contributed by atoms with Gasteiger partial charge in [0.15, 0.2) is 23.1 Å². The van der Waals surface area contributed by atoms with E-state index in [2.05, 4.69) is 15.2 Å². The number of rotatable bonds is 2. The molecule has 0 saturated carbocycles. The van der Waals surface area contributed by atoms with Gasteiger partial charge in [-0.15, -0.1) is 0 Å². The van der Waals surface area contributed by atoms with Crippen LogP contribution in [0.3, 0.4) is 0 Å². The maximum Gasteiger partial charge on any atom is 0.260 e. The number of nitrogens with zero attached hydrogens (tertiary/aromatic N) is 6. The summed E-state index contributed by atoms with van der Waals surface area (Å²) in [5.41, 5.74) is 4.50. The first-order valence-electron chi connectivity index (χ1n) is 10.5. The third-order valence-electron chi connectivity index (χ3n) is 6.26. The van der Waals surface area contributed by atoms with Crippen molar-refractivity contribution in [2.75, 3.05) is 6.54 Å². The molecule has 0 N–H and O–H groups in total. The molecule has 5 rings (SSSR count). The third-order valence-corrected chi connectivity index (χ3v) is 6.26. The summed E-state index contributed by atoms with van der Waals surface area (Å²) in [5.74, 6) is -4.23. The van der Waals surface area contributed by atoms with E-state index in [1.807, 2.05) is 19.9 Å². The molecule has 10 heteroatoms. The van der Waals surface area contributed by atoms with Gasteiger partial charge in [0.05, 0.1) is 23.1 Å². The van der Waals surface area contributed by atoms with Crippen LogP contribution >= 0.6 is 0 Å². The Balaban J connectivity index is 1.55. The SMILES string of the molecule is Cc1nn2c(C)ccnc2c1C(=O)N1CCc2c(nn(C)c2-c2cc(F)c(F)c(F)c2)[C@@H]1C. The number of aromatic nitrogens is 5. The van der Waals surface area contributed by atoms with Gasteiger partial charge in [0.25, 0.3) is 5.91 Å². The Hall–Kier alpha value is -3.69. The third kappa shape index (κ3) is 3.12. The van der Waals surface area contributed by atoms with E-state index in [9.17, 15) is 18.0 Å². The van der Waals surface area contributed by atoms with E-state index in [0.717, 1.165) is 23.4 Å². The van der Waals surface area contributed by atoms with Crippen LogP contribution in [0.2, 0.25) is 0 Å². The highest BCUT2D eigenvalue weighted by molar-refractivity contribution is 6.01. The van der Waals surface area contributed by atoms with Gasteiger partial charge in [0.1, 0.15) is 5.56 Å². The molecule has 1 aliphatic rings. The maximum absolute atomic E-state index is 13.9. The molecule has 3 aromatic heterocycles. The van der Waals surface area contributed by atoms with Crippen molar-refractivity contribution in [3.8, 4) is 11.3 Å². The number of fused-ring (bicyclic) bond motifs is 2. The molecule has 1 atom stereocenters. The number of amides is 1. The van der Waals surface area contributed by atoms with Crippen molar-refractivity contribution in [3.05, 3.63) is 70.1 Å². The number of carbonyl (C=O) groups excluding carboxylic acids is 1. The summed E-state index contributed by atoms with van der Waals surface area (Å²) in [6.45, 7) is 5.90. The number of carbonyl (C=O) groups is 1. The Morgan fingerprint density at radius 2 is 1.82 bits per heavy atom. The molecule has 33 heavy (non-hydrogen) atoms. The predicted octanol–water partition coefficient (Wildman–Crippen LogP) is 3.92. The van der Waals surface area contributed by atoms with Gasteiger partial charge in [-0.25, -0.2) is 22.7 Å². The first-order valence-corrected chi connectivity index (χ1v) is 10.5. The van der Waals surface area contributed by atoms with Crippen LogP contribution in [0.1, 0.15) is 46.0 Å². The topological polar surface area (TPSA) is 68.3 Å². The van der Waals surface area contributed by atoms with E-state index in [1.165, 1.54) is 4.68 Å². The second-order valence-corrected chi connectivity index (χ2v) is 8.30. The molecule has 4 aromatic rings. The Kier molecular flexibility index (Phi) is 4.77. The van der Waals surface area contributed by atoms with Crippen LogP contribution in [0.4, 0.5) is 13.2 Å². The minimum atomic E-state index is -1.51. The van der Waals surface area contributed by atoms with Crippen LogP contribution in [0.5, 0.6) is 0 Å². The van der Waals surface area contributed by atoms with Crippen molar-refractivity contribution in [1.82, 2.24) is 29.3 Å². The van der Waals surface area contributed by atoms with Crippen molar-refractivity contribution in [1.29, 1.82) is 0 Å². The zero-order valence-corrected chi connectivity index (χ0v) is 18.5. The molecule has 4 heterocycles. The molecule has 0 bridgehead atoms. The van der Waals surface area contributed by atoms with Gasteiger partial charge in [-0.1, -0.05) is 0 Å². The number of hydrogen-bond acceptors (Lipinski definition) is 4. The summed E-state index contributed by atoms with van der Waals surface area (Å²) >= 11 is 0. The molecule has 0 radical (unpaired) electrons. The van der Waals surface area contributed by atoms with Crippen molar-refractivity contribution in [2.45, 2.75) is 33.2 Å². The minimum absolute atomic E-state index is 0.202. The van der Waals surface area contributed by atoms with Gasteiger partial charge in [-0.2, -0.15) is 10.2 Å². The van der Waals surface area contributed by atoms with Crippen LogP contribution in [0.15, 0.2) is 24.4 Å². The Bertz CT molecular complexity index is 1420. The zero-order chi connectivity index (χ0) is 23.6. The molecule has 1 aliphatic heterocycles. The maximum atomic E-state index is 13.9. The molecule has 0 fully saturated rings. The fourth-order valence-corrected chi connectivity index (χ4v) is 4.64. The second kappa shape index (κ2) is 7.43. The summed E-state index contributed by atoms with van der Waals surface area (Å²) in [6.07, 6.45) is 2.08. The van der Waals surface area contributed by atoms with Crippen molar-refractivity contribution in [3.63, 3.8) is 0 Å². The Morgan fingerprint density at radius 1 is 1.12 bits per heavy atom. The standard InChI is InChI=1S/C23H21F3N6O/c1-11-5-7-27-22-18(12(2)28-32(11)22)23(33)31-8-6-15-20(13(31)3)29-30(4)21(15)14-9-16(24)19(26)17(25)10-14/h5,7,9-10,13H,6,8H2,1-4H3/t13-/m0/s1. The van der Waals surface area contributed by atoms with E-state index in [4.69, 9.17) is 0 Å². The first kappa shape index (κ1) is 21.2. The lowest BCUT2D eigenvalue weighted by molar-refractivity contribution is 0.0674. The molecule has 0 spiro atoms. The smallest absolute Gasteiger partial charge is 0.260 e. The Labute approximate surface area is 187 Å². The second-order valence-electron chi connectivity index (χ2n) is 8.30. The fourth-order valence-electron chi connectivity index (χ4n) is 4.64. The zero-order valence-electron chi connectivity index (χ0n) is 18.5. The van der Waals surface area contributed by atoms with Gasteiger partial charge in [-0.05, 0) is 45.4 Å². The molecular formula is C23H21F3N6O. The molecule has 0 unspecified atom stereocenters. The van der Waals surface area contributed by atoms with Gasteiger partial charge >= 0.3 is 0 Å². The summed E-state index contributed by atoms with van der Waals surface area (Å²) in [4.78, 5) is 19.6. The number of hydrogen-bond donors (Lipinski definition) is 0. The molecule has 1 amide bonds. The van der Waals surface area contributed by atoms with E-state index in [-0.39, 0.29) is 11.5 Å². The fraction of sp³-hybridized carbons (Fsp3) is 0.304. The highest BCUT2D eigenvalue weighted by Crippen LogP contribution is 2.37. The quantitative estimate of drug-likeness (QED) is 0.431. The van der Waals surface area contributed by atoms with Gasteiger partial charge < -0.3 is 4.90 Å². The average Bonchev–Trinajstić information content (AvgIpc) is 3.29. The van der Waals surface area contributed by atoms with Crippen LogP contribution in [-0.4, -0.2) is 41.7 Å². The molecule has 0 aliphatic carbocycles. The predicted molar refractivity (Wildman–Crippen MR) is 114 cm³/mol. The average molecular weight is 454 g/mol. The monoisotopic (exact) mass is 454 g/mol. The Morgan fingerprint density at radius 3 is 2.52 bits per heavy atom. The lowest BCUT2D eigenvalue weighted by atomic mass is 9.95. The van der Waals surface area contributed by atoms with E-state index >= 15 is 0 Å². The molecule has 1 aromatic carbocycles.